The average Bonchev–Trinajstić information content (AvgIpc) is 2.35. The summed E-state index contributed by atoms with van der Waals surface area (Å²) in [6, 6.07) is 0.353. The van der Waals surface area contributed by atoms with E-state index in [9.17, 15) is 4.79 Å². The van der Waals surface area contributed by atoms with Crippen molar-refractivity contribution in [2.24, 2.45) is 11.7 Å². The van der Waals surface area contributed by atoms with E-state index in [1.807, 2.05) is 20.9 Å². The standard InChI is InChI=1S/C15H30N2O2/c1-12(2)19-10-9-17(3)15(18)8-7-13-5-4-6-14(16)11-13/h12-14H,4-11,16H2,1-3H3. The van der Waals surface area contributed by atoms with Crippen molar-refractivity contribution in [1.29, 1.82) is 0 Å². The van der Waals surface area contributed by atoms with Crippen molar-refractivity contribution in [3.63, 3.8) is 0 Å². The van der Waals surface area contributed by atoms with E-state index in [1.165, 1.54) is 12.8 Å². The van der Waals surface area contributed by atoms with Crippen LogP contribution < -0.4 is 5.73 Å². The summed E-state index contributed by atoms with van der Waals surface area (Å²) in [5.74, 6) is 0.875. The number of nitrogens with zero attached hydrogens (tertiary/aromatic N) is 1. The molecular formula is C15H30N2O2. The molecule has 0 saturated heterocycles. The largest absolute Gasteiger partial charge is 0.377 e. The van der Waals surface area contributed by atoms with Crippen LogP contribution in [0.1, 0.15) is 52.4 Å². The molecule has 0 aromatic rings. The quantitative estimate of drug-likeness (QED) is 0.771. The fourth-order valence-corrected chi connectivity index (χ4v) is 2.66. The van der Waals surface area contributed by atoms with Crippen molar-refractivity contribution >= 4 is 5.91 Å². The number of carbonyl (C=O) groups excluding carboxylic acids is 1. The van der Waals surface area contributed by atoms with Crippen LogP contribution in [-0.4, -0.2) is 43.2 Å². The van der Waals surface area contributed by atoms with Gasteiger partial charge in [0.05, 0.1) is 12.7 Å². The highest BCUT2D eigenvalue weighted by Crippen LogP contribution is 2.26. The highest BCUT2D eigenvalue weighted by atomic mass is 16.5. The first-order valence-corrected chi connectivity index (χ1v) is 7.60. The van der Waals surface area contributed by atoms with Gasteiger partial charge in [0.25, 0.3) is 0 Å². The Labute approximate surface area is 117 Å². The van der Waals surface area contributed by atoms with Gasteiger partial charge in [0.1, 0.15) is 0 Å². The SMILES string of the molecule is CC(C)OCCN(C)C(=O)CCC1CCCC(N)C1. The molecule has 0 aliphatic heterocycles. The molecule has 0 spiro atoms. The molecule has 0 bridgehead atoms. The smallest absolute Gasteiger partial charge is 0.222 e. The Hall–Kier alpha value is -0.610. The average molecular weight is 270 g/mol. The van der Waals surface area contributed by atoms with Crippen molar-refractivity contribution in [2.75, 3.05) is 20.2 Å². The number of likely N-dealkylation sites (N-methyl/N-ethyl adjacent to an activating group) is 1. The maximum Gasteiger partial charge on any atom is 0.222 e. The molecule has 1 amide bonds. The number of hydrogen-bond donors (Lipinski definition) is 1. The minimum absolute atomic E-state index is 0.228. The highest BCUT2D eigenvalue weighted by Gasteiger charge is 2.20. The molecule has 1 aliphatic rings. The van der Waals surface area contributed by atoms with E-state index in [1.54, 1.807) is 4.90 Å². The van der Waals surface area contributed by atoms with E-state index >= 15 is 0 Å². The first-order chi connectivity index (χ1) is 8.99. The fraction of sp³-hybridized carbons (Fsp3) is 0.933. The molecule has 19 heavy (non-hydrogen) atoms. The number of amides is 1. The summed E-state index contributed by atoms with van der Waals surface area (Å²) < 4.78 is 5.46. The molecule has 0 aromatic heterocycles. The van der Waals surface area contributed by atoms with Gasteiger partial charge in [-0.3, -0.25) is 4.79 Å². The Balaban J connectivity index is 2.15. The third kappa shape index (κ3) is 6.92. The van der Waals surface area contributed by atoms with E-state index < -0.39 is 0 Å². The zero-order chi connectivity index (χ0) is 14.3. The lowest BCUT2D eigenvalue weighted by Crippen LogP contribution is -2.32. The van der Waals surface area contributed by atoms with Crippen LogP contribution in [0.3, 0.4) is 0 Å². The molecule has 4 nitrogen and oxygen atoms in total. The fourth-order valence-electron chi connectivity index (χ4n) is 2.66. The third-order valence-corrected chi connectivity index (χ3v) is 3.89. The monoisotopic (exact) mass is 270 g/mol. The van der Waals surface area contributed by atoms with E-state index in [2.05, 4.69) is 0 Å². The number of ether oxygens (including phenoxy) is 1. The van der Waals surface area contributed by atoms with E-state index in [0.717, 1.165) is 19.3 Å². The zero-order valence-electron chi connectivity index (χ0n) is 12.7. The molecule has 0 aromatic carbocycles. The maximum atomic E-state index is 12.0. The van der Waals surface area contributed by atoms with Gasteiger partial charge in [-0.2, -0.15) is 0 Å². The van der Waals surface area contributed by atoms with E-state index in [4.69, 9.17) is 10.5 Å². The molecule has 112 valence electrons. The predicted molar refractivity (Wildman–Crippen MR) is 77.9 cm³/mol. The Morgan fingerprint density at radius 2 is 2.16 bits per heavy atom. The second kappa shape index (κ2) is 8.54. The molecule has 2 unspecified atom stereocenters. The van der Waals surface area contributed by atoms with Crippen molar-refractivity contribution in [1.82, 2.24) is 4.90 Å². The Morgan fingerprint density at radius 3 is 2.79 bits per heavy atom. The second-order valence-corrected chi connectivity index (χ2v) is 6.07. The van der Waals surface area contributed by atoms with Crippen molar-refractivity contribution in [3.05, 3.63) is 0 Å². The normalized spacial score (nSPS) is 23.6. The lowest BCUT2D eigenvalue weighted by molar-refractivity contribution is -0.131. The van der Waals surface area contributed by atoms with Crippen molar-refractivity contribution in [2.45, 2.75) is 64.5 Å². The molecule has 1 aliphatic carbocycles. The first kappa shape index (κ1) is 16.4. The van der Waals surface area contributed by atoms with Crippen LogP contribution >= 0.6 is 0 Å². The van der Waals surface area contributed by atoms with Gasteiger partial charge in [-0.05, 0) is 39.0 Å². The maximum absolute atomic E-state index is 12.0. The highest BCUT2D eigenvalue weighted by molar-refractivity contribution is 5.75. The van der Waals surface area contributed by atoms with Gasteiger partial charge < -0.3 is 15.4 Å². The van der Waals surface area contributed by atoms with Crippen molar-refractivity contribution < 1.29 is 9.53 Å². The molecule has 0 radical (unpaired) electrons. The molecule has 2 atom stereocenters. The molecule has 1 fully saturated rings. The van der Waals surface area contributed by atoms with Crippen LogP contribution in [0.2, 0.25) is 0 Å². The zero-order valence-corrected chi connectivity index (χ0v) is 12.7. The Kier molecular flexibility index (Phi) is 7.39. The second-order valence-electron chi connectivity index (χ2n) is 6.07. The third-order valence-electron chi connectivity index (χ3n) is 3.89. The predicted octanol–water partition coefficient (Wildman–Crippen LogP) is 2.17. The topological polar surface area (TPSA) is 55.6 Å². The summed E-state index contributed by atoms with van der Waals surface area (Å²) in [5.41, 5.74) is 5.97. The minimum Gasteiger partial charge on any atom is -0.377 e. The number of hydrogen-bond acceptors (Lipinski definition) is 3. The molecule has 4 heteroatoms. The number of nitrogens with two attached hydrogens (primary N) is 1. The van der Waals surface area contributed by atoms with Gasteiger partial charge >= 0.3 is 0 Å². The summed E-state index contributed by atoms with van der Waals surface area (Å²) in [6.45, 7) is 5.32. The van der Waals surface area contributed by atoms with Gasteiger partial charge in [-0.1, -0.05) is 12.8 Å². The van der Waals surface area contributed by atoms with Gasteiger partial charge in [0.2, 0.25) is 5.91 Å². The first-order valence-electron chi connectivity index (χ1n) is 7.60. The van der Waals surface area contributed by atoms with Gasteiger partial charge in [-0.15, -0.1) is 0 Å². The summed E-state index contributed by atoms with van der Waals surface area (Å²) in [6.07, 6.45) is 6.56. The van der Waals surface area contributed by atoms with E-state index in [0.29, 0.717) is 31.5 Å². The Morgan fingerprint density at radius 1 is 1.42 bits per heavy atom. The molecule has 1 saturated carbocycles. The summed E-state index contributed by atoms with van der Waals surface area (Å²) >= 11 is 0. The van der Waals surface area contributed by atoms with Gasteiger partial charge in [0, 0.05) is 26.1 Å². The molecule has 2 N–H and O–H groups in total. The van der Waals surface area contributed by atoms with Crippen LogP contribution in [0.4, 0.5) is 0 Å². The number of rotatable bonds is 7. The van der Waals surface area contributed by atoms with E-state index in [-0.39, 0.29) is 12.0 Å². The van der Waals surface area contributed by atoms with Crippen LogP contribution in [0.5, 0.6) is 0 Å². The van der Waals surface area contributed by atoms with Crippen molar-refractivity contribution in [3.8, 4) is 0 Å². The molecule has 1 rings (SSSR count). The minimum atomic E-state index is 0.228. The lowest BCUT2D eigenvalue weighted by Gasteiger charge is -2.27. The lowest BCUT2D eigenvalue weighted by atomic mass is 9.83. The summed E-state index contributed by atoms with van der Waals surface area (Å²) in [4.78, 5) is 13.8. The van der Waals surface area contributed by atoms with Gasteiger partial charge in [-0.25, -0.2) is 0 Å². The molecule has 0 heterocycles. The van der Waals surface area contributed by atoms with Crippen LogP contribution in [0.15, 0.2) is 0 Å². The van der Waals surface area contributed by atoms with Crippen LogP contribution in [0, 0.1) is 5.92 Å². The summed E-state index contributed by atoms with van der Waals surface area (Å²) in [7, 11) is 1.86. The molecular weight excluding hydrogens is 240 g/mol. The summed E-state index contributed by atoms with van der Waals surface area (Å²) in [5, 5.41) is 0. The van der Waals surface area contributed by atoms with Crippen LogP contribution in [0.25, 0.3) is 0 Å². The Bertz CT molecular complexity index is 269. The van der Waals surface area contributed by atoms with Crippen LogP contribution in [-0.2, 0) is 9.53 Å². The number of carbonyl (C=O) groups is 1. The van der Waals surface area contributed by atoms with Gasteiger partial charge in [0.15, 0.2) is 0 Å².